The van der Waals surface area contributed by atoms with Gasteiger partial charge >= 0.3 is 0 Å². The third-order valence-corrected chi connectivity index (χ3v) is 4.61. The van der Waals surface area contributed by atoms with Crippen molar-refractivity contribution < 1.29 is 9.72 Å². The zero-order valence-electron chi connectivity index (χ0n) is 10.4. The number of rotatable bonds is 4. The van der Waals surface area contributed by atoms with Gasteiger partial charge in [0.2, 0.25) is 0 Å². The first-order chi connectivity index (χ1) is 9.08. The summed E-state index contributed by atoms with van der Waals surface area (Å²) in [6.45, 7) is 0. The van der Waals surface area contributed by atoms with Crippen LogP contribution in [0.4, 0.5) is 5.69 Å². The Morgan fingerprint density at radius 1 is 1.37 bits per heavy atom. The molecule has 0 heterocycles. The van der Waals surface area contributed by atoms with Crippen molar-refractivity contribution in [2.75, 3.05) is 5.33 Å². The van der Waals surface area contributed by atoms with Crippen molar-refractivity contribution >= 4 is 27.5 Å². The minimum absolute atomic E-state index is 0.125. The fourth-order valence-electron chi connectivity index (χ4n) is 2.48. The number of carbonyl (C=O) groups is 1. The Morgan fingerprint density at radius 3 is 2.58 bits per heavy atom. The van der Waals surface area contributed by atoms with Gasteiger partial charge in [-0.25, -0.2) is 0 Å². The molecule has 1 aliphatic carbocycles. The molecule has 2 rings (SSSR count). The summed E-state index contributed by atoms with van der Waals surface area (Å²) in [5.41, 5.74) is -0.289. The van der Waals surface area contributed by atoms with E-state index in [1.807, 2.05) is 0 Å². The first kappa shape index (κ1) is 14.0. The summed E-state index contributed by atoms with van der Waals surface area (Å²) in [6.07, 6.45) is 3.96. The van der Waals surface area contributed by atoms with Crippen LogP contribution in [0.1, 0.15) is 36.0 Å². The van der Waals surface area contributed by atoms with Crippen LogP contribution in [0.3, 0.4) is 0 Å². The molecule has 0 unspecified atom stereocenters. The van der Waals surface area contributed by atoms with Crippen LogP contribution in [-0.2, 0) is 0 Å². The quantitative estimate of drug-likeness (QED) is 0.525. The third-order valence-electron chi connectivity index (χ3n) is 3.54. The molecule has 1 fully saturated rings. The van der Waals surface area contributed by atoms with E-state index in [9.17, 15) is 14.9 Å². The molecule has 0 bridgehead atoms. The number of nitro benzene ring substituents is 1. The molecule has 1 saturated carbocycles. The van der Waals surface area contributed by atoms with Crippen molar-refractivity contribution in [2.45, 2.75) is 31.2 Å². The van der Waals surface area contributed by atoms with E-state index < -0.39 is 4.92 Å². The number of nitro groups is 1. The van der Waals surface area contributed by atoms with Crippen molar-refractivity contribution in [3.05, 3.63) is 39.9 Å². The second-order valence-corrected chi connectivity index (χ2v) is 5.41. The zero-order valence-corrected chi connectivity index (χ0v) is 12.0. The SMILES string of the molecule is O=C(NC1(CBr)CCCC1)c1ccccc1[N+](=O)[O-]. The monoisotopic (exact) mass is 326 g/mol. The van der Waals surface area contributed by atoms with Crippen molar-refractivity contribution in [2.24, 2.45) is 0 Å². The van der Waals surface area contributed by atoms with E-state index in [0.29, 0.717) is 5.33 Å². The molecule has 1 amide bonds. The summed E-state index contributed by atoms with van der Waals surface area (Å²) in [7, 11) is 0. The molecule has 5 nitrogen and oxygen atoms in total. The van der Waals surface area contributed by atoms with Gasteiger partial charge in [0.1, 0.15) is 5.56 Å². The summed E-state index contributed by atoms with van der Waals surface area (Å²) < 4.78 is 0. The van der Waals surface area contributed by atoms with Gasteiger partial charge in [-0.1, -0.05) is 40.9 Å². The maximum absolute atomic E-state index is 12.3. The number of benzene rings is 1. The average molecular weight is 327 g/mol. The topological polar surface area (TPSA) is 72.2 Å². The molecule has 0 radical (unpaired) electrons. The summed E-state index contributed by atoms with van der Waals surface area (Å²) in [5, 5.41) is 14.6. The Balaban J connectivity index is 2.23. The van der Waals surface area contributed by atoms with Gasteiger partial charge in [-0.3, -0.25) is 14.9 Å². The molecule has 6 heteroatoms. The van der Waals surface area contributed by atoms with Crippen LogP contribution in [-0.4, -0.2) is 21.7 Å². The van der Waals surface area contributed by atoms with Crippen LogP contribution in [0.2, 0.25) is 0 Å². The lowest BCUT2D eigenvalue weighted by Crippen LogP contribution is -2.47. The van der Waals surface area contributed by atoms with E-state index in [-0.39, 0.29) is 22.7 Å². The first-order valence-corrected chi connectivity index (χ1v) is 7.32. The predicted molar refractivity (Wildman–Crippen MR) is 75.6 cm³/mol. The second-order valence-electron chi connectivity index (χ2n) is 4.85. The van der Waals surface area contributed by atoms with E-state index >= 15 is 0 Å². The van der Waals surface area contributed by atoms with Crippen molar-refractivity contribution in [1.29, 1.82) is 0 Å². The highest BCUT2D eigenvalue weighted by molar-refractivity contribution is 9.09. The minimum atomic E-state index is -0.523. The van der Waals surface area contributed by atoms with Gasteiger partial charge in [-0.2, -0.15) is 0 Å². The number of amides is 1. The highest BCUT2D eigenvalue weighted by Crippen LogP contribution is 2.32. The van der Waals surface area contributed by atoms with Gasteiger partial charge in [0, 0.05) is 11.4 Å². The molecular formula is C13H15BrN2O3. The van der Waals surface area contributed by atoms with E-state index in [4.69, 9.17) is 0 Å². The normalized spacial score (nSPS) is 17.1. The van der Waals surface area contributed by atoms with Gasteiger partial charge in [0.15, 0.2) is 0 Å². The highest BCUT2D eigenvalue weighted by Gasteiger charge is 2.35. The highest BCUT2D eigenvalue weighted by atomic mass is 79.9. The number of hydrogen-bond donors (Lipinski definition) is 1. The average Bonchev–Trinajstić information content (AvgIpc) is 2.87. The first-order valence-electron chi connectivity index (χ1n) is 6.20. The standard InChI is InChI=1S/C13H15BrN2O3/c14-9-13(7-3-4-8-13)15-12(17)10-5-1-2-6-11(10)16(18)19/h1-2,5-6H,3-4,7-9H2,(H,15,17). The maximum atomic E-state index is 12.3. The van der Waals surface area contributed by atoms with Gasteiger partial charge in [0.25, 0.3) is 11.6 Å². The van der Waals surface area contributed by atoms with Crippen molar-refractivity contribution in [3.8, 4) is 0 Å². The van der Waals surface area contributed by atoms with Crippen molar-refractivity contribution in [3.63, 3.8) is 0 Å². The molecule has 0 spiro atoms. The molecule has 1 aromatic carbocycles. The third kappa shape index (κ3) is 2.94. The maximum Gasteiger partial charge on any atom is 0.282 e. The summed E-state index contributed by atoms with van der Waals surface area (Å²) in [4.78, 5) is 22.7. The summed E-state index contributed by atoms with van der Waals surface area (Å²) in [5.74, 6) is -0.367. The number of nitrogens with zero attached hydrogens (tertiary/aromatic N) is 1. The van der Waals surface area contributed by atoms with E-state index in [1.54, 1.807) is 12.1 Å². The van der Waals surface area contributed by atoms with Crippen molar-refractivity contribution in [1.82, 2.24) is 5.32 Å². The number of nitrogens with one attached hydrogen (secondary N) is 1. The second kappa shape index (κ2) is 5.69. The van der Waals surface area contributed by atoms with Crippen LogP contribution >= 0.6 is 15.9 Å². The molecule has 102 valence electrons. The minimum Gasteiger partial charge on any atom is -0.346 e. The van der Waals surface area contributed by atoms with Gasteiger partial charge < -0.3 is 5.32 Å². The zero-order chi connectivity index (χ0) is 13.9. The van der Waals surface area contributed by atoms with E-state index in [2.05, 4.69) is 21.2 Å². The van der Waals surface area contributed by atoms with Crippen LogP contribution in [0.15, 0.2) is 24.3 Å². The molecule has 0 aliphatic heterocycles. The molecular weight excluding hydrogens is 312 g/mol. The van der Waals surface area contributed by atoms with Gasteiger partial charge in [-0.15, -0.1) is 0 Å². The van der Waals surface area contributed by atoms with Crippen LogP contribution in [0, 0.1) is 10.1 Å². The molecule has 1 N–H and O–H groups in total. The smallest absolute Gasteiger partial charge is 0.282 e. The predicted octanol–water partition coefficient (Wildman–Crippen LogP) is 3.03. The molecule has 0 saturated heterocycles. The molecule has 0 atom stereocenters. The Kier molecular flexibility index (Phi) is 4.19. The molecule has 19 heavy (non-hydrogen) atoms. The molecule has 1 aromatic rings. The summed E-state index contributed by atoms with van der Waals surface area (Å²) >= 11 is 3.43. The van der Waals surface area contributed by atoms with Crippen LogP contribution < -0.4 is 5.32 Å². The van der Waals surface area contributed by atoms with E-state index in [1.165, 1.54) is 12.1 Å². The fourth-order valence-corrected chi connectivity index (χ4v) is 3.18. The Morgan fingerprint density at radius 2 is 2.00 bits per heavy atom. The van der Waals surface area contributed by atoms with Gasteiger partial charge in [0.05, 0.1) is 10.5 Å². The Hall–Kier alpha value is -1.43. The number of halogens is 1. The van der Waals surface area contributed by atoms with Crippen LogP contribution in [0.25, 0.3) is 0 Å². The number of carbonyl (C=O) groups excluding carboxylic acids is 1. The lowest BCUT2D eigenvalue weighted by molar-refractivity contribution is -0.385. The van der Waals surface area contributed by atoms with E-state index in [0.717, 1.165) is 25.7 Å². The number of hydrogen-bond acceptors (Lipinski definition) is 3. The van der Waals surface area contributed by atoms with Crippen LogP contribution in [0.5, 0.6) is 0 Å². The Labute approximate surface area is 119 Å². The lowest BCUT2D eigenvalue weighted by atomic mass is 9.99. The Bertz CT molecular complexity index is 498. The lowest BCUT2D eigenvalue weighted by Gasteiger charge is -2.28. The summed E-state index contributed by atoms with van der Waals surface area (Å²) in [6, 6.07) is 6.04. The fraction of sp³-hybridized carbons (Fsp3) is 0.462. The molecule has 0 aromatic heterocycles. The largest absolute Gasteiger partial charge is 0.346 e. The number of para-hydroxylation sites is 1. The molecule has 1 aliphatic rings. The number of alkyl halides is 1. The van der Waals surface area contributed by atoms with Gasteiger partial charge in [-0.05, 0) is 18.9 Å².